The standard InChI is InChI=1S/C13H20N2O2S/c1-9(10-6-4-3-5-7-10)14-13-15-11(8-18-13)12(16)17-2/h8-10H,3-7H2,1-2H3,(H,14,15). The van der Waals surface area contributed by atoms with Gasteiger partial charge in [0.25, 0.3) is 0 Å². The van der Waals surface area contributed by atoms with Crippen LogP contribution in [0.4, 0.5) is 5.13 Å². The third-order valence-electron chi connectivity index (χ3n) is 3.61. The number of aromatic nitrogens is 1. The molecule has 1 unspecified atom stereocenters. The fourth-order valence-corrected chi connectivity index (χ4v) is 3.26. The summed E-state index contributed by atoms with van der Waals surface area (Å²) in [5.41, 5.74) is 0.390. The van der Waals surface area contributed by atoms with E-state index in [1.807, 2.05) is 0 Å². The molecular formula is C13H20N2O2S. The minimum Gasteiger partial charge on any atom is -0.464 e. The number of thiazole rings is 1. The fraction of sp³-hybridized carbons (Fsp3) is 0.692. The van der Waals surface area contributed by atoms with E-state index < -0.39 is 0 Å². The molecule has 5 heteroatoms. The van der Waals surface area contributed by atoms with Crippen molar-refractivity contribution in [2.45, 2.75) is 45.1 Å². The Morgan fingerprint density at radius 1 is 1.50 bits per heavy atom. The molecule has 0 amide bonds. The number of hydrogen-bond acceptors (Lipinski definition) is 5. The van der Waals surface area contributed by atoms with Gasteiger partial charge < -0.3 is 10.1 Å². The number of nitrogens with one attached hydrogen (secondary N) is 1. The molecule has 0 aromatic carbocycles. The Balaban J connectivity index is 1.92. The highest BCUT2D eigenvalue weighted by Crippen LogP contribution is 2.28. The van der Waals surface area contributed by atoms with Crippen LogP contribution >= 0.6 is 11.3 Å². The molecule has 1 aromatic rings. The first kappa shape index (κ1) is 13.3. The molecule has 100 valence electrons. The van der Waals surface area contributed by atoms with E-state index in [9.17, 15) is 4.79 Å². The number of esters is 1. The maximum Gasteiger partial charge on any atom is 0.357 e. The summed E-state index contributed by atoms with van der Waals surface area (Å²) >= 11 is 1.46. The molecule has 0 saturated heterocycles. The number of hydrogen-bond donors (Lipinski definition) is 1. The van der Waals surface area contributed by atoms with Crippen LogP contribution in [0.3, 0.4) is 0 Å². The Hall–Kier alpha value is -1.10. The summed E-state index contributed by atoms with van der Waals surface area (Å²) in [6, 6.07) is 0.418. The Morgan fingerprint density at radius 2 is 2.22 bits per heavy atom. The minimum atomic E-state index is -0.371. The van der Waals surface area contributed by atoms with E-state index in [0.717, 1.165) is 11.0 Å². The van der Waals surface area contributed by atoms with Gasteiger partial charge in [0.2, 0.25) is 0 Å². The monoisotopic (exact) mass is 268 g/mol. The molecule has 0 radical (unpaired) electrons. The Morgan fingerprint density at radius 3 is 2.89 bits per heavy atom. The lowest BCUT2D eigenvalue weighted by Crippen LogP contribution is -2.27. The van der Waals surface area contributed by atoms with Crippen LogP contribution in [0.25, 0.3) is 0 Å². The van der Waals surface area contributed by atoms with Crippen LogP contribution in [0.2, 0.25) is 0 Å². The normalized spacial score (nSPS) is 18.3. The summed E-state index contributed by atoms with van der Waals surface area (Å²) < 4.78 is 4.65. The molecule has 0 aliphatic heterocycles. The molecule has 1 aliphatic rings. The van der Waals surface area contributed by atoms with Gasteiger partial charge in [0.05, 0.1) is 7.11 Å². The van der Waals surface area contributed by atoms with E-state index in [-0.39, 0.29) is 5.97 Å². The molecule has 1 aliphatic carbocycles. The zero-order valence-electron chi connectivity index (χ0n) is 10.9. The van der Waals surface area contributed by atoms with Crippen molar-refractivity contribution in [3.8, 4) is 0 Å². The second-order valence-electron chi connectivity index (χ2n) is 4.86. The van der Waals surface area contributed by atoms with Crippen LogP contribution in [0, 0.1) is 5.92 Å². The van der Waals surface area contributed by atoms with E-state index >= 15 is 0 Å². The molecule has 1 atom stereocenters. The zero-order valence-corrected chi connectivity index (χ0v) is 11.8. The number of ether oxygens (including phenoxy) is 1. The van der Waals surface area contributed by atoms with Crippen LogP contribution in [-0.4, -0.2) is 24.1 Å². The van der Waals surface area contributed by atoms with Crippen molar-refractivity contribution in [1.82, 2.24) is 4.98 Å². The third kappa shape index (κ3) is 3.22. The van der Waals surface area contributed by atoms with Crippen LogP contribution in [0.5, 0.6) is 0 Å². The molecule has 1 saturated carbocycles. The highest BCUT2D eigenvalue weighted by molar-refractivity contribution is 7.13. The highest BCUT2D eigenvalue weighted by atomic mass is 32.1. The predicted molar refractivity (Wildman–Crippen MR) is 73.1 cm³/mol. The highest BCUT2D eigenvalue weighted by Gasteiger charge is 2.21. The number of methoxy groups -OCH3 is 1. The summed E-state index contributed by atoms with van der Waals surface area (Å²) in [5.74, 6) is 0.355. The van der Waals surface area contributed by atoms with E-state index in [0.29, 0.717) is 11.7 Å². The average Bonchev–Trinajstić information content (AvgIpc) is 2.87. The fourth-order valence-electron chi connectivity index (χ4n) is 2.49. The van der Waals surface area contributed by atoms with Crippen molar-refractivity contribution in [2.75, 3.05) is 12.4 Å². The first-order chi connectivity index (χ1) is 8.70. The van der Waals surface area contributed by atoms with E-state index in [1.165, 1.54) is 50.6 Å². The molecule has 4 nitrogen and oxygen atoms in total. The molecule has 18 heavy (non-hydrogen) atoms. The Labute approximate surface area is 112 Å². The van der Waals surface area contributed by atoms with Crippen LogP contribution in [0.1, 0.15) is 49.5 Å². The van der Waals surface area contributed by atoms with Crippen molar-refractivity contribution in [3.63, 3.8) is 0 Å². The van der Waals surface area contributed by atoms with Gasteiger partial charge in [-0.2, -0.15) is 0 Å². The molecule has 2 rings (SSSR count). The number of rotatable bonds is 4. The summed E-state index contributed by atoms with van der Waals surface area (Å²) in [5, 5.41) is 5.96. The van der Waals surface area contributed by atoms with Gasteiger partial charge in [-0.05, 0) is 25.7 Å². The van der Waals surface area contributed by atoms with Gasteiger partial charge in [0.15, 0.2) is 10.8 Å². The number of anilines is 1. The van der Waals surface area contributed by atoms with E-state index in [4.69, 9.17) is 0 Å². The largest absolute Gasteiger partial charge is 0.464 e. The van der Waals surface area contributed by atoms with Gasteiger partial charge in [0, 0.05) is 11.4 Å². The average molecular weight is 268 g/mol. The molecule has 0 spiro atoms. The molecule has 1 heterocycles. The summed E-state index contributed by atoms with van der Waals surface area (Å²) in [6.45, 7) is 2.20. The van der Waals surface area contributed by atoms with Crippen molar-refractivity contribution >= 4 is 22.4 Å². The first-order valence-corrected chi connectivity index (χ1v) is 7.39. The third-order valence-corrected chi connectivity index (χ3v) is 4.38. The van der Waals surface area contributed by atoms with Gasteiger partial charge >= 0.3 is 5.97 Å². The Kier molecular flexibility index (Phi) is 4.58. The van der Waals surface area contributed by atoms with E-state index in [2.05, 4.69) is 22.0 Å². The summed E-state index contributed by atoms with van der Waals surface area (Å²) in [4.78, 5) is 15.6. The maximum atomic E-state index is 11.3. The SMILES string of the molecule is COC(=O)c1csc(NC(C)C2CCCCC2)n1. The van der Waals surface area contributed by atoms with Crippen molar-refractivity contribution in [3.05, 3.63) is 11.1 Å². The van der Waals surface area contributed by atoms with Gasteiger partial charge in [-0.1, -0.05) is 19.3 Å². The van der Waals surface area contributed by atoms with Crippen LogP contribution < -0.4 is 5.32 Å². The Bertz CT molecular complexity index is 399. The number of carbonyl (C=O) groups excluding carboxylic acids is 1. The number of nitrogens with zero attached hydrogens (tertiary/aromatic N) is 1. The van der Waals surface area contributed by atoms with Crippen molar-refractivity contribution in [2.24, 2.45) is 5.92 Å². The molecule has 1 N–H and O–H groups in total. The molecule has 1 aromatic heterocycles. The lowest BCUT2D eigenvalue weighted by Gasteiger charge is -2.28. The van der Waals surface area contributed by atoms with Crippen molar-refractivity contribution in [1.29, 1.82) is 0 Å². The van der Waals surface area contributed by atoms with Crippen LogP contribution in [0.15, 0.2) is 5.38 Å². The summed E-state index contributed by atoms with van der Waals surface area (Å²) in [7, 11) is 1.37. The van der Waals surface area contributed by atoms with Crippen LogP contribution in [-0.2, 0) is 4.74 Å². The summed E-state index contributed by atoms with van der Waals surface area (Å²) in [6.07, 6.45) is 6.63. The van der Waals surface area contributed by atoms with Gasteiger partial charge in [-0.3, -0.25) is 0 Å². The molecule has 1 fully saturated rings. The van der Waals surface area contributed by atoms with Gasteiger partial charge in [-0.15, -0.1) is 11.3 Å². The topological polar surface area (TPSA) is 51.2 Å². The van der Waals surface area contributed by atoms with Gasteiger partial charge in [-0.25, -0.2) is 9.78 Å². The second-order valence-corrected chi connectivity index (χ2v) is 5.72. The zero-order chi connectivity index (χ0) is 13.0. The lowest BCUT2D eigenvalue weighted by molar-refractivity contribution is 0.0595. The molecule has 0 bridgehead atoms. The number of carbonyl (C=O) groups is 1. The van der Waals surface area contributed by atoms with Gasteiger partial charge in [0.1, 0.15) is 0 Å². The minimum absolute atomic E-state index is 0.371. The van der Waals surface area contributed by atoms with E-state index in [1.54, 1.807) is 5.38 Å². The van der Waals surface area contributed by atoms with Crippen molar-refractivity contribution < 1.29 is 9.53 Å². The maximum absolute atomic E-state index is 11.3. The molecular weight excluding hydrogens is 248 g/mol. The first-order valence-electron chi connectivity index (χ1n) is 6.51. The second kappa shape index (κ2) is 6.18. The lowest BCUT2D eigenvalue weighted by atomic mass is 9.85. The smallest absolute Gasteiger partial charge is 0.357 e. The predicted octanol–water partition coefficient (Wildman–Crippen LogP) is 3.31. The quantitative estimate of drug-likeness (QED) is 0.851.